The van der Waals surface area contributed by atoms with Crippen LogP contribution in [0.3, 0.4) is 0 Å². The number of halogens is 4. The first kappa shape index (κ1) is 14.0. The van der Waals surface area contributed by atoms with Gasteiger partial charge in [-0.1, -0.05) is 12.1 Å². The van der Waals surface area contributed by atoms with Gasteiger partial charge in [-0.15, -0.1) is 0 Å². The van der Waals surface area contributed by atoms with Crippen molar-refractivity contribution in [1.29, 1.82) is 5.26 Å². The molecule has 6 heteroatoms. The second kappa shape index (κ2) is 5.29. The quantitative estimate of drug-likeness (QED) is 0.616. The second-order valence-corrected chi connectivity index (χ2v) is 4.05. The monoisotopic (exact) mass is 280 g/mol. The normalized spacial score (nSPS) is 11.2. The summed E-state index contributed by atoms with van der Waals surface area (Å²) in [7, 11) is 0. The van der Waals surface area contributed by atoms with Crippen LogP contribution in [-0.4, -0.2) is 4.98 Å². The molecule has 2 rings (SSSR count). The molecule has 0 aliphatic carbocycles. The molecule has 20 heavy (non-hydrogen) atoms. The van der Waals surface area contributed by atoms with Crippen molar-refractivity contribution in [1.82, 2.24) is 4.98 Å². The van der Waals surface area contributed by atoms with Crippen molar-refractivity contribution in [3.05, 3.63) is 53.6 Å². The number of alkyl halides is 3. The highest BCUT2D eigenvalue weighted by Crippen LogP contribution is 2.33. The molecule has 0 amide bonds. The van der Waals surface area contributed by atoms with Gasteiger partial charge in [0.15, 0.2) is 0 Å². The first-order chi connectivity index (χ1) is 9.43. The van der Waals surface area contributed by atoms with Crippen molar-refractivity contribution >= 4 is 0 Å². The third-order valence-electron chi connectivity index (χ3n) is 2.74. The van der Waals surface area contributed by atoms with Gasteiger partial charge in [0.25, 0.3) is 0 Å². The molecule has 1 aromatic carbocycles. The molecule has 0 saturated heterocycles. The van der Waals surface area contributed by atoms with E-state index in [2.05, 4.69) is 4.98 Å². The molecule has 0 bridgehead atoms. The van der Waals surface area contributed by atoms with Gasteiger partial charge in [0.1, 0.15) is 0 Å². The van der Waals surface area contributed by atoms with Crippen LogP contribution in [0.15, 0.2) is 36.5 Å². The number of rotatable bonds is 2. The Kier molecular flexibility index (Phi) is 3.70. The van der Waals surface area contributed by atoms with Crippen LogP contribution in [-0.2, 0) is 12.6 Å². The molecular formula is C14H8F4N2. The number of pyridine rings is 1. The van der Waals surface area contributed by atoms with Crippen molar-refractivity contribution in [3.8, 4) is 17.2 Å². The Hall–Kier alpha value is -2.42. The number of benzene rings is 1. The third kappa shape index (κ3) is 2.77. The van der Waals surface area contributed by atoms with Crippen molar-refractivity contribution in [2.45, 2.75) is 12.6 Å². The highest BCUT2D eigenvalue weighted by molar-refractivity contribution is 5.68. The van der Waals surface area contributed by atoms with Crippen molar-refractivity contribution in [2.75, 3.05) is 0 Å². The summed E-state index contributed by atoms with van der Waals surface area (Å²) in [5, 5.41) is 8.69. The van der Waals surface area contributed by atoms with Crippen molar-refractivity contribution < 1.29 is 17.6 Å². The summed E-state index contributed by atoms with van der Waals surface area (Å²) in [5.41, 5.74) is -0.587. The molecule has 2 nitrogen and oxygen atoms in total. The number of nitrogens with zero attached hydrogens (tertiary/aromatic N) is 2. The minimum Gasteiger partial charge on any atom is -0.228 e. The van der Waals surface area contributed by atoms with E-state index in [0.717, 1.165) is 12.1 Å². The first-order valence-electron chi connectivity index (χ1n) is 5.61. The summed E-state index contributed by atoms with van der Waals surface area (Å²) in [4.78, 5) is 3.43. The van der Waals surface area contributed by atoms with E-state index in [4.69, 9.17) is 5.26 Å². The van der Waals surface area contributed by atoms with Crippen LogP contribution in [0.2, 0.25) is 0 Å². The maximum Gasteiger partial charge on any atom is 0.416 e. The van der Waals surface area contributed by atoms with Crippen LogP contribution >= 0.6 is 0 Å². The topological polar surface area (TPSA) is 36.7 Å². The van der Waals surface area contributed by atoms with Gasteiger partial charge in [0.05, 0.1) is 18.1 Å². The predicted molar refractivity (Wildman–Crippen MR) is 64.0 cm³/mol. The van der Waals surface area contributed by atoms with Crippen LogP contribution in [0.25, 0.3) is 11.1 Å². The molecule has 0 aliphatic rings. The van der Waals surface area contributed by atoms with Gasteiger partial charge in [0, 0.05) is 11.8 Å². The zero-order chi connectivity index (χ0) is 14.8. The van der Waals surface area contributed by atoms with Crippen molar-refractivity contribution in [3.63, 3.8) is 0 Å². The van der Waals surface area contributed by atoms with Gasteiger partial charge in [-0.25, -0.2) is 4.98 Å². The predicted octanol–water partition coefficient (Wildman–Crippen LogP) is 3.97. The number of hydrogen-bond acceptors (Lipinski definition) is 2. The molecule has 0 N–H and O–H groups in total. The second-order valence-electron chi connectivity index (χ2n) is 4.05. The summed E-state index contributed by atoms with van der Waals surface area (Å²) in [6.07, 6.45) is -3.44. The van der Waals surface area contributed by atoms with E-state index in [1.807, 2.05) is 6.07 Å². The molecular weight excluding hydrogens is 272 g/mol. The summed E-state index contributed by atoms with van der Waals surface area (Å²) in [5.74, 6) is -0.892. The van der Waals surface area contributed by atoms with E-state index in [9.17, 15) is 17.6 Å². The Morgan fingerprint density at radius 3 is 2.60 bits per heavy atom. The van der Waals surface area contributed by atoms with E-state index in [1.165, 1.54) is 24.4 Å². The molecule has 0 aliphatic heterocycles. The molecule has 1 heterocycles. The van der Waals surface area contributed by atoms with E-state index in [-0.39, 0.29) is 17.5 Å². The minimum atomic E-state index is -4.51. The van der Waals surface area contributed by atoms with Crippen LogP contribution in [0.1, 0.15) is 11.1 Å². The third-order valence-corrected chi connectivity index (χ3v) is 2.74. The fourth-order valence-corrected chi connectivity index (χ4v) is 1.86. The van der Waals surface area contributed by atoms with Gasteiger partial charge in [0.2, 0.25) is 5.95 Å². The van der Waals surface area contributed by atoms with Crippen LogP contribution in [0.5, 0.6) is 0 Å². The molecule has 0 unspecified atom stereocenters. The standard InChI is InChI=1S/C14H8F4N2/c15-13-12(9(4-6-19)5-7-20-13)10-2-1-3-11(8-10)14(16,17)18/h1-3,5,7-8H,4H2. The molecule has 0 radical (unpaired) electrons. The zero-order valence-corrected chi connectivity index (χ0v) is 10.1. The summed E-state index contributed by atoms with van der Waals surface area (Å²) in [6.45, 7) is 0. The van der Waals surface area contributed by atoms with Crippen LogP contribution in [0.4, 0.5) is 17.6 Å². The van der Waals surface area contributed by atoms with E-state index >= 15 is 0 Å². The lowest BCUT2D eigenvalue weighted by molar-refractivity contribution is -0.137. The van der Waals surface area contributed by atoms with Crippen LogP contribution in [0, 0.1) is 17.3 Å². The van der Waals surface area contributed by atoms with E-state index < -0.39 is 17.7 Å². The molecule has 0 saturated carbocycles. The Bertz CT molecular complexity index is 672. The first-order valence-corrected chi connectivity index (χ1v) is 5.61. The highest BCUT2D eigenvalue weighted by atomic mass is 19.4. The largest absolute Gasteiger partial charge is 0.416 e. The van der Waals surface area contributed by atoms with Gasteiger partial charge in [-0.3, -0.25) is 0 Å². The smallest absolute Gasteiger partial charge is 0.228 e. The van der Waals surface area contributed by atoms with Gasteiger partial charge in [-0.2, -0.15) is 22.8 Å². The molecule has 0 atom stereocenters. The van der Waals surface area contributed by atoms with Crippen molar-refractivity contribution in [2.24, 2.45) is 0 Å². The van der Waals surface area contributed by atoms with Gasteiger partial charge in [-0.05, 0) is 29.3 Å². The number of nitriles is 1. The Labute approximate surface area is 112 Å². The van der Waals surface area contributed by atoms with E-state index in [1.54, 1.807) is 0 Å². The molecule has 102 valence electrons. The van der Waals surface area contributed by atoms with Crippen LogP contribution < -0.4 is 0 Å². The molecule has 0 fully saturated rings. The highest BCUT2D eigenvalue weighted by Gasteiger charge is 2.30. The molecule has 1 aromatic heterocycles. The number of aromatic nitrogens is 1. The van der Waals surface area contributed by atoms with Gasteiger partial charge >= 0.3 is 6.18 Å². The SMILES string of the molecule is N#CCc1ccnc(F)c1-c1cccc(C(F)(F)F)c1. The Morgan fingerprint density at radius 2 is 1.95 bits per heavy atom. The lowest BCUT2D eigenvalue weighted by Gasteiger charge is -2.11. The summed E-state index contributed by atoms with van der Waals surface area (Å²) < 4.78 is 51.8. The Balaban J connectivity index is 2.60. The maximum atomic E-state index is 13.8. The summed E-state index contributed by atoms with van der Waals surface area (Å²) in [6, 6.07) is 7.57. The minimum absolute atomic E-state index is 0.0516. The van der Waals surface area contributed by atoms with E-state index in [0.29, 0.717) is 5.56 Å². The zero-order valence-electron chi connectivity index (χ0n) is 10.1. The molecule has 2 aromatic rings. The Morgan fingerprint density at radius 1 is 1.20 bits per heavy atom. The average Bonchev–Trinajstić information content (AvgIpc) is 2.38. The lowest BCUT2D eigenvalue weighted by Crippen LogP contribution is -2.05. The van der Waals surface area contributed by atoms with Gasteiger partial charge < -0.3 is 0 Å². The number of hydrogen-bond donors (Lipinski definition) is 0. The fraction of sp³-hybridized carbons (Fsp3) is 0.143. The summed E-state index contributed by atoms with van der Waals surface area (Å²) >= 11 is 0. The average molecular weight is 280 g/mol. The molecule has 0 spiro atoms. The lowest BCUT2D eigenvalue weighted by atomic mass is 9.98. The fourth-order valence-electron chi connectivity index (χ4n) is 1.86. The maximum absolute atomic E-state index is 13.8.